The Kier molecular flexibility index (Phi) is 3.88. The highest BCUT2D eigenvalue weighted by Gasteiger charge is 2.29. The summed E-state index contributed by atoms with van der Waals surface area (Å²) in [6.45, 7) is 1.56. The van der Waals surface area contributed by atoms with Crippen molar-refractivity contribution in [2.45, 2.75) is 31.3 Å². The van der Waals surface area contributed by atoms with Crippen molar-refractivity contribution in [3.8, 4) is 5.69 Å². The molecule has 0 bridgehead atoms. The van der Waals surface area contributed by atoms with E-state index in [2.05, 4.69) is 30.5 Å². The third kappa shape index (κ3) is 3.18. The van der Waals surface area contributed by atoms with Crippen LogP contribution in [0.5, 0.6) is 0 Å². The summed E-state index contributed by atoms with van der Waals surface area (Å²) in [5, 5.41) is 6.04. The SMILES string of the molecule is O=C(NC1CC1)NC1CCN(c2ncnc3c2ncn3-c2ccccc2)C1. The van der Waals surface area contributed by atoms with Gasteiger partial charge in [-0.2, -0.15) is 0 Å². The van der Waals surface area contributed by atoms with Crippen LogP contribution >= 0.6 is 0 Å². The Hall–Kier alpha value is -3.16. The predicted octanol–water partition coefficient (Wildman–Crippen LogP) is 1.86. The van der Waals surface area contributed by atoms with Crippen molar-refractivity contribution >= 4 is 23.0 Å². The number of carbonyl (C=O) groups is 1. The molecule has 27 heavy (non-hydrogen) atoms. The zero-order valence-electron chi connectivity index (χ0n) is 14.9. The molecular formula is C19H21N7O. The molecule has 2 aromatic heterocycles. The number of imidazole rings is 1. The standard InChI is InChI=1S/C19H21N7O/c27-19(23-13-6-7-13)24-14-8-9-25(10-14)17-16-18(21-11-20-17)26(12-22-16)15-4-2-1-3-5-15/h1-5,11-14H,6-10H2,(H2,23,24,27). The van der Waals surface area contributed by atoms with Gasteiger partial charge in [0.05, 0.1) is 0 Å². The molecule has 2 N–H and O–H groups in total. The number of amides is 2. The van der Waals surface area contributed by atoms with Crippen LogP contribution in [0.4, 0.5) is 10.6 Å². The molecule has 1 aromatic carbocycles. The summed E-state index contributed by atoms with van der Waals surface area (Å²) in [5.41, 5.74) is 2.58. The van der Waals surface area contributed by atoms with Crippen molar-refractivity contribution in [3.05, 3.63) is 43.0 Å². The summed E-state index contributed by atoms with van der Waals surface area (Å²) in [7, 11) is 0. The molecule has 2 amide bonds. The number of anilines is 1. The highest BCUT2D eigenvalue weighted by atomic mass is 16.2. The molecular weight excluding hydrogens is 342 g/mol. The molecule has 1 aliphatic heterocycles. The van der Waals surface area contributed by atoms with E-state index in [0.717, 1.165) is 55.0 Å². The first kappa shape index (κ1) is 16.0. The van der Waals surface area contributed by atoms with Gasteiger partial charge in [0.25, 0.3) is 0 Å². The zero-order valence-corrected chi connectivity index (χ0v) is 14.9. The van der Waals surface area contributed by atoms with Gasteiger partial charge < -0.3 is 15.5 Å². The second kappa shape index (κ2) is 6.53. The third-order valence-electron chi connectivity index (χ3n) is 5.08. The fourth-order valence-electron chi connectivity index (χ4n) is 3.54. The Bertz CT molecular complexity index is 967. The van der Waals surface area contributed by atoms with Crippen LogP contribution in [0.3, 0.4) is 0 Å². The van der Waals surface area contributed by atoms with Gasteiger partial charge in [-0.3, -0.25) is 4.57 Å². The Labute approximate surface area is 156 Å². The van der Waals surface area contributed by atoms with E-state index in [9.17, 15) is 4.79 Å². The van der Waals surface area contributed by atoms with Gasteiger partial charge in [-0.1, -0.05) is 18.2 Å². The van der Waals surface area contributed by atoms with Crippen LogP contribution in [0, 0.1) is 0 Å². The van der Waals surface area contributed by atoms with Crippen LogP contribution in [-0.4, -0.2) is 50.7 Å². The van der Waals surface area contributed by atoms with E-state index in [0.29, 0.717) is 6.04 Å². The van der Waals surface area contributed by atoms with E-state index in [1.165, 1.54) is 0 Å². The molecule has 1 saturated heterocycles. The van der Waals surface area contributed by atoms with Crippen molar-refractivity contribution in [1.29, 1.82) is 0 Å². The van der Waals surface area contributed by atoms with Crippen LogP contribution in [-0.2, 0) is 0 Å². The van der Waals surface area contributed by atoms with Gasteiger partial charge in [0.1, 0.15) is 12.7 Å². The van der Waals surface area contributed by atoms with E-state index in [4.69, 9.17) is 0 Å². The molecule has 138 valence electrons. The lowest BCUT2D eigenvalue weighted by Gasteiger charge is -2.18. The number of rotatable bonds is 4. The van der Waals surface area contributed by atoms with Crippen molar-refractivity contribution in [2.24, 2.45) is 0 Å². The molecule has 2 aliphatic rings. The number of hydrogen-bond acceptors (Lipinski definition) is 5. The van der Waals surface area contributed by atoms with Crippen molar-refractivity contribution in [1.82, 2.24) is 30.2 Å². The summed E-state index contributed by atoms with van der Waals surface area (Å²) >= 11 is 0. The maximum absolute atomic E-state index is 12.0. The minimum absolute atomic E-state index is 0.0643. The molecule has 3 heterocycles. The molecule has 8 nitrogen and oxygen atoms in total. The second-order valence-corrected chi connectivity index (χ2v) is 7.14. The number of urea groups is 1. The van der Waals surface area contributed by atoms with Crippen molar-refractivity contribution in [3.63, 3.8) is 0 Å². The molecule has 0 spiro atoms. The lowest BCUT2D eigenvalue weighted by atomic mass is 10.3. The van der Waals surface area contributed by atoms with Crippen LogP contribution in [0.25, 0.3) is 16.9 Å². The largest absolute Gasteiger partial charge is 0.353 e. The van der Waals surface area contributed by atoms with Gasteiger partial charge in [-0.15, -0.1) is 0 Å². The van der Waals surface area contributed by atoms with Crippen molar-refractivity contribution in [2.75, 3.05) is 18.0 Å². The number of para-hydroxylation sites is 1. The Morgan fingerprint density at radius 3 is 2.63 bits per heavy atom. The van der Waals surface area contributed by atoms with Crippen molar-refractivity contribution < 1.29 is 4.79 Å². The van der Waals surface area contributed by atoms with E-state index >= 15 is 0 Å². The molecule has 1 atom stereocenters. The monoisotopic (exact) mass is 363 g/mol. The van der Waals surface area contributed by atoms with E-state index in [1.807, 2.05) is 34.9 Å². The first-order chi connectivity index (χ1) is 13.3. The number of aromatic nitrogens is 4. The van der Waals surface area contributed by atoms with E-state index < -0.39 is 0 Å². The lowest BCUT2D eigenvalue weighted by Crippen LogP contribution is -2.44. The van der Waals surface area contributed by atoms with Crippen LogP contribution in [0.2, 0.25) is 0 Å². The minimum atomic E-state index is -0.0643. The summed E-state index contributed by atoms with van der Waals surface area (Å²) in [5.74, 6) is 0.821. The molecule has 5 rings (SSSR count). The van der Waals surface area contributed by atoms with Crippen LogP contribution in [0.15, 0.2) is 43.0 Å². The van der Waals surface area contributed by atoms with Gasteiger partial charge in [0.2, 0.25) is 0 Å². The minimum Gasteiger partial charge on any atom is -0.353 e. The predicted molar refractivity (Wildman–Crippen MR) is 102 cm³/mol. The summed E-state index contributed by atoms with van der Waals surface area (Å²) < 4.78 is 1.97. The maximum Gasteiger partial charge on any atom is 0.315 e. The number of nitrogens with zero attached hydrogens (tertiary/aromatic N) is 5. The fourth-order valence-corrected chi connectivity index (χ4v) is 3.54. The lowest BCUT2D eigenvalue weighted by molar-refractivity contribution is 0.237. The van der Waals surface area contributed by atoms with Crippen LogP contribution < -0.4 is 15.5 Å². The molecule has 2 fully saturated rings. The smallest absolute Gasteiger partial charge is 0.315 e. The molecule has 1 unspecified atom stereocenters. The van der Waals surface area contributed by atoms with Gasteiger partial charge in [0, 0.05) is 30.9 Å². The summed E-state index contributed by atoms with van der Waals surface area (Å²) in [4.78, 5) is 27.6. The summed E-state index contributed by atoms with van der Waals surface area (Å²) in [6.07, 6.45) is 6.44. The van der Waals surface area contributed by atoms with Crippen LogP contribution in [0.1, 0.15) is 19.3 Å². The zero-order chi connectivity index (χ0) is 18.2. The molecule has 0 radical (unpaired) electrons. The first-order valence-electron chi connectivity index (χ1n) is 9.33. The normalized spacial score (nSPS) is 19.4. The number of hydrogen-bond donors (Lipinski definition) is 2. The quantitative estimate of drug-likeness (QED) is 0.739. The summed E-state index contributed by atoms with van der Waals surface area (Å²) in [6, 6.07) is 10.4. The molecule has 1 saturated carbocycles. The Morgan fingerprint density at radius 2 is 1.81 bits per heavy atom. The maximum atomic E-state index is 12.0. The number of benzene rings is 1. The number of fused-ring (bicyclic) bond motifs is 1. The highest BCUT2D eigenvalue weighted by Crippen LogP contribution is 2.26. The third-order valence-corrected chi connectivity index (χ3v) is 5.08. The average Bonchev–Trinajstić information content (AvgIpc) is 3.20. The topological polar surface area (TPSA) is 88.0 Å². The molecule has 8 heteroatoms. The highest BCUT2D eigenvalue weighted by molar-refractivity contribution is 5.84. The van der Waals surface area contributed by atoms with E-state index in [-0.39, 0.29) is 12.1 Å². The van der Waals surface area contributed by atoms with E-state index in [1.54, 1.807) is 12.7 Å². The fraction of sp³-hybridized carbons (Fsp3) is 0.368. The van der Waals surface area contributed by atoms with Gasteiger partial charge in [-0.25, -0.2) is 19.7 Å². The molecule has 3 aromatic rings. The van der Waals surface area contributed by atoms with Gasteiger partial charge in [0.15, 0.2) is 17.0 Å². The number of carbonyl (C=O) groups excluding carboxylic acids is 1. The number of nitrogens with one attached hydrogen (secondary N) is 2. The Morgan fingerprint density at radius 1 is 1.00 bits per heavy atom. The van der Waals surface area contributed by atoms with Gasteiger partial charge >= 0.3 is 6.03 Å². The Balaban J connectivity index is 1.36. The average molecular weight is 363 g/mol. The van der Waals surface area contributed by atoms with Gasteiger partial charge in [-0.05, 0) is 31.4 Å². The molecule has 1 aliphatic carbocycles. The first-order valence-corrected chi connectivity index (χ1v) is 9.33. The second-order valence-electron chi connectivity index (χ2n) is 7.14.